The monoisotopic (exact) mass is 393 g/mol. The van der Waals surface area contributed by atoms with Crippen molar-refractivity contribution in [2.24, 2.45) is 0 Å². The highest BCUT2D eigenvalue weighted by Gasteiger charge is 2.41. The van der Waals surface area contributed by atoms with Crippen molar-refractivity contribution in [3.63, 3.8) is 0 Å². The van der Waals surface area contributed by atoms with Crippen molar-refractivity contribution in [3.05, 3.63) is 102 Å². The average molecular weight is 394 g/mol. The van der Waals surface area contributed by atoms with E-state index in [2.05, 4.69) is 0 Å². The third-order valence-electron chi connectivity index (χ3n) is 5.04. The summed E-state index contributed by atoms with van der Waals surface area (Å²) in [5.74, 6) is 0. The number of ether oxygens (including phenoxy) is 1. The molecular formula is C23H23NO3S. The SMILES string of the molecule is Cc1ccc(S(=O)(=O)N2CC(c3ccccc3)OC2Cc2ccccc2)cc1. The third-order valence-corrected chi connectivity index (χ3v) is 6.91. The van der Waals surface area contributed by atoms with E-state index in [9.17, 15) is 8.42 Å². The molecule has 1 fully saturated rings. The van der Waals surface area contributed by atoms with E-state index in [-0.39, 0.29) is 6.10 Å². The van der Waals surface area contributed by atoms with Gasteiger partial charge in [0.25, 0.3) is 0 Å². The molecule has 0 aliphatic carbocycles. The zero-order valence-corrected chi connectivity index (χ0v) is 16.5. The normalized spacial score (nSPS) is 20.3. The van der Waals surface area contributed by atoms with Crippen LogP contribution >= 0.6 is 0 Å². The molecule has 1 aliphatic heterocycles. The Labute approximate surface area is 166 Å². The molecule has 1 saturated heterocycles. The number of sulfonamides is 1. The Kier molecular flexibility index (Phi) is 5.31. The number of hydrogen-bond acceptors (Lipinski definition) is 3. The Morgan fingerprint density at radius 3 is 2.14 bits per heavy atom. The number of aryl methyl sites for hydroxylation is 1. The summed E-state index contributed by atoms with van der Waals surface area (Å²) in [4.78, 5) is 0.300. The van der Waals surface area contributed by atoms with Crippen molar-refractivity contribution in [1.82, 2.24) is 4.31 Å². The van der Waals surface area contributed by atoms with E-state index >= 15 is 0 Å². The van der Waals surface area contributed by atoms with Crippen LogP contribution in [0, 0.1) is 6.92 Å². The maximum Gasteiger partial charge on any atom is 0.245 e. The highest BCUT2D eigenvalue weighted by Crippen LogP contribution is 2.34. The summed E-state index contributed by atoms with van der Waals surface area (Å²) in [5, 5.41) is 0. The summed E-state index contributed by atoms with van der Waals surface area (Å²) in [6, 6.07) is 26.6. The zero-order valence-electron chi connectivity index (χ0n) is 15.7. The average Bonchev–Trinajstić information content (AvgIpc) is 3.14. The molecule has 0 N–H and O–H groups in total. The minimum atomic E-state index is -3.66. The van der Waals surface area contributed by atoms with Crippen LogP contribution < -0.4 is 0 Å². The van der Waals surface area contributed by atoms with E-state index in [1.807, 2.05) is 79.7 Å². The minimum absolute atomic E-state index is 0.282. The van der Waals surface area contributed by atoms with Gasteiger partial charge in [-0.15, -0.1) is 0 Å². The zero-order chi connectivity index (χ0) is 19.6. The van der Waals surface area contributed by atoms with Gasteiger partial charge in [0.2, 0.25) is 10.0 Å². The summed E-state index contributed by atoms with van der Waals surface area (Å²) in [7, 11) is -3.66. The van der Waals surface area contributed by atoms with E-state index in [1.165, 1.54) is 4.31 Å². The molecule has 3 aromatic rings. The van der Waals surface area contributed by atoms with Crippen molar-refractivity contribution < 1.29 is 13.2 Å². The summed E-state index contributed by atoms with van der Waals surface area (Å²) >= 11 is 0. The molecule has 2 unspecified atom stereocenters. The minimum Gasteiger partial charge on any atom is -0.352 e. The van der Waals surface area contributed by atoms with Crippen LogP contribution in [0.5, 0.6) is 0 Å². The van der Waals surface area contributed by atoms with Crippen molar-refractivity contribution in [2.75, 3.05) is 6.54 Å². The molecule has 0 amide bonds. The molecule has 1 aliphatic rings. The standard InChI is InChI=1S/C23H23NO3S/c1-18-12-14-21(15-13-18)28(25,26)24-17-22(20-10-6-3-7-11-20)27-23(24)16-19-8-4-2-5-9-19/h2-15,22-23H,16-17H2,1H3. The predicted molar refractivity (Wildman–Crippen MR) is 109 cm³/mol. The Morgan fingerprint density at radius 2 is 1.50 bits per heavy atom. The molecule has 5 heteroatoms. The molecule has 0 aromatic heterocycles. The van der Waals surface area contributed by atoms with Gasteiger partial charge in [0.15, 0.2) is 0 Å². The third kappa shape index (κ3) is 3.87. The van der Waals surface area contributed by atoms with Crippen LogP contribution in [0.1, 0.15) is 22.8 Å². The van der Waals surface area contributed by atoms with Crippen molar-refractivity contribution in [3.8, 4) is 0 Å². The quantitative estimate of drug-likeness (QED) is 0.648. The van der Waals surface area contributed by atoms with Gasteiger partial charge in [-0.2, -0.15) is 4.31 Å². The fourth-order valence-electron chi connectivity index (χ4n) is 3.50. The first kappa shape index (κ1) is 18.9. The van der Waals surface area contributed by atoms with Gasteiger partial charge in [0.05, 0.1) is 11.0 Å². The first-order valence-corrected chi connectivity index (χ1v) is 10.8. The largest absolute Gasteiger partial charge is 0.352 e. The second-order valence-corrected chi connectivity index (χ2v) is 8.96. The molecule has 0 bridgehead atoms. The first-order valence-electron chi connectivity index (χ1n) is 9.37. The van der Waals surface area contributed by atoms with Gasteiger partial charge in [-0.3, -0.25) is 0 Å². The summed E-state index contributed by atoms with van der Waals surface area (Å²) < 4.78 is 34.5. The Hall–Kier alpha value is -2.47. The second-order valence-electron chi connectivity index (χ2n) is 7.07. The van der Waals surface area contributed by atoms with Gasteiger partial charge < -0.3 is 4.74 Å². The van der Waals surface area contributed by atoms with Gasteiger partial charge in [-0.05, 0) is 30.2 Å². The number of rotatable bonds is 5. The summed E-state index contributed by atoms with van der Waals surface area (Å²) in [5.41, 5.74) is 3.06. The second kappa shape index (κ2) is 7.87. The first-order chi connectivity index (χ1) is 13.5. The molecule has 4 rings (SSSR count). The van der Waals surface area contributed by atoms with E-state index in [1.54, 1.807) is 12.1 Å². The smallest absolute Gasteiger partial charge is 0.245 e. The maximum absolute atomic E-state index is 13.4. The Bertz CT molecular complexity index is 1020. The number of hydrogen-bond donors (Lipinski definition) is 0. The van der Waals surface area contributed by atoms with Crippen LogP contribution in [-0.4, -0.2) is 25.5 Å². The Balaban J connectivity index is 1.67. The van der Waals surface area contributed by atoms with Crippen LogP contribution in [0.2, 0.25) is 0 Å². The van der Waals surface area contributed by atoms with E-state index < -0.39 is 16.3 Å². The number of benzene rings is 3. The molecule has 28 heavy (non-hydrogen) atoms. The van der Waals surface area contributed by atoms with Crippen molar-refractivity contribution >= 4 is 10.0 Å². The number of nitrogens with zero attached hydrogens (tertiary/aromatic N) is 1. The van der Waals surface area contributed by atoms with E-state index in [0.29, 0.717) is 17.9 Å². The van der Waals surface area contributed by atoms with Crippen LogP contribution in [0.4, 0.5) is 0 Å². The molecule has 3 aromatic carbocycles. The molecule has 0 spiro atoms. The van der Waals surface area contributed by atoms with Gasteiger partial charge in [0.1, 0.15) is 6.23 Å². The van der Waals surface area contributed by atoms with E-state index in [4.69, 9.17) is 4.74 Å². The lowest BCUT2D eigenvalue weighted by Gasteiger charge is -2.22. The molecule has 1 heterocycles. The van der Waals surface area contributed by atoms with Crippen LogP contribution in [0.15, 0.2) is 89.8 Å². The highest BCUT2D eigenvalue weighted by atomic mass is 32.2. The fraction of sp³-hybridized carbons (Fsp3) is 0.217. The molecule has 2 atom stereocenters. The summed E-state index contributed by atoms with van der Waals surface area (Å²) in [6.45, 7) is 2.25. The molecular weight excluding hydrogens is 370 g/mol. The molecule has 4 nitrogen and oxygen atoms in total. The van der Waals surface area contributed by atoms with Gasteiger partial charge in [-0.25, -0.2) is 8.42 Å². The van der Waals surface area contributed by atoms with Crippen molar-refractivity contribution in [2.45, 2.75) is 30.6 Å². The van der Waals surface area contributed by atoms with Gasteiger partial charge in [0, 0.05) is 13.0 Å². The Morgan fingerprint density at radius 1 is 0.893 bits per heavy atom. The molecule has 144 valence electrons. The predicted octanol–water partition coefficient (Wildman–Crippen LogP) is 4.33. The topological polar surface area (TPSA) is 46.6 Å². The van der Waals surface area contributed by atoms with Crippen LogP contribution in [-0.2, 0) is 21.2 Å². The molecule has 0 saturated carbocycles. The lowest BCUT2D eigenvalue weighted by atomic mass is 10.1. The summed E-state index contributed by atoms with van der Waals surface area (Å²) in [6.07, 6.45) is -0.316. The lowest BCUT2D eigenvalue weighted by molar-refractivity contribution is 0.0220. The molecule has 0 radical (unpaired) electrons. The highest BCUT2D eigenvalue weighted by molar-refractivity contribution is 7.89. The van der Waals surface area contributed by atoms with E-state index in [0.717, 1.165) is 16.7 Å². The van der Waals surface area contributed by atoms with Crippen LogP contribution in [0.3, 0.4) is 0 Å². The van der Waals surface area contributed by atoms with Crippen molar-refractivity contribution in [1.29, 1.82) is 0 Å². The fourth-order valence-corrected chi connectivity index (χ4v) is 5.01. The lowest BCUT2D eigenvalue weighted by Crippen LogP contribution is -2.37. The van der Waals surface area contributed by atoms with Gasteiger partial charge in [-0.1, -0.05) is 78.4 Å². The maximum atomic E-state index is 13.4. The van der Waals surface area contributed by atoms with Crippen LogP contribution in [0.25, 0.3) is 0 Å². The van der Waals surface area contributed by atoms with Gasteiger partial charge >= 0.3 is 0 Å².